The van der Waals surface area contributed by atoms with Gasteiger partial charge in [0.1, 0.15) is 0 Å². The third-order valence-electron chi connectivity index (χ3n) is 9.42. The molecule has 5 rings (SSSR count). The van der Waals surface area contributed by atoms with Gasteiger partial charge >= 0.3 is 5.97 Å². The summed E-state index contributed by atoms with van der Waals surface area (Å²) in [6, 6.07) is 24.7. The number of esters is 1. The topological polar surface area (TPSA) is 97.3 Å². The SMILES string of the molecule is C=CCN(C[C@H]1O[C@@H](c2ccc(-c3ccccc3CNC(=O)[C@H](C)OC(C)=O)cc2)O[C@@H](c2ccc(CO)cc2)[C@H]1C)C1CCCC1. The van der Waals surface area contributed by atoms with E-state index in [2.05, 4.69) is 60.1 Å². The molecule has 3 aromatic carbocycles. The Kier molecular flexibility index (Phi) is 12.0. The molecular formula is C39H48N2O6. The van der Waals surface area contributed by atoms with Crippen LogP contribution in [0.3, 0.4) is 0 Å². The molecule has 1 amide bonds. The van der Waals surface area contributed by atoms with Gasteiger partial charge in [0.2, 0.25) is 0 Å². The molecule has 0 bridgehead atoms. The largest absolute Gasteiger partial charge is 0.453 e. The zero-order valence-electron chi connectivity index (χ0n) is 27.8. The van der Waals surface area contributed by atoms with E-state index in [0.29, 0.717) is 12.6 Å². The molecule has 1 aliphatic carbocycles. The van der Waals surface area contributed by atoms with Gasteiger partial charge in [-0.1, -0.05) is 98.6 Å². The summed E-state index contributed by atoms with van der Waals surface area (Å²) in [4.78, 5) is 26.3. The highest BCUT2D eigenvalue weighted by molar-refractivity contribution is 5.83. The molecular weight excluding hydrogens is 592 g/mol. The average Bonchev–Trinajstić information content (AvgIpc) is 3.63. The molecule has 0 radical (unpaired) electrons. The summed E-state index contributed by atoms with van der Waals surface area (Å²) in [6.45, 7) is 11.0. The fourth-order valence-electron chi connectivity index (χ4n) is 6.77. The van der Waals surface area contributed by atoms with E-state index in [-0.39, 0.29) is 30.6 Å². The number of carbonyl (C=O) groups excluding carboxylic acids is 2. The van der Waals surface area contributed by atoms with Crippen molar-refractivity contribution < 1.29 is 28.9 Å². The Balaban J connectivity index is 1.36. The Hall–Kier alpha value is -3.82. The highest BCUT2D eigenvalue weighted by Gasteiger charge is 2.40. The fourth-order valence-corrected chi connectivity index (χ4v) is 6.77. The van der Waals surface area contributed by atoms with Gasteiger partial charge in [-0.05, 0) is 47.6 Å². The number of ether oxygens (including phenoxy) is 3. The Morgan fingerprint density at radius 1 is 1.02 bits per heavy atom. The van der Waals surface area contributed by atoms with Crippen LogP contribution in [-0.4, -0.2) is 53.2 Å². The lowest BCUT2D eigenvalue weighted by atomic mass is 9.89. The molecule has 2 fully saturated rings. The monoisotopic (exact) mass is 640 g/mol. The zero-order valence-corrected chi connectivity index (χ0v) is 27.8. The van der Waals surface area contributed by atoms with Gasteiger partial charge in [-0.2, -0.15) is 0 Å². The van der Waals surface area contributed by atoms with Gasteiger partial charge in [0.25, 0.3) is 5.91 Å². The Morgan fingerprint density at radius 2 is 1.70 bits per heavy atom. The molecule has 3 aromatic rings. The molecule has 0 aromatic heterocycles. The molecule has 5 atom stereocenters. The molecule has 250 valence electrons. The third-order valence-corrected chi connectivity index (χ3v) is 9.42. The number of benzene rings is 3. The minimum absolute atomic E-state index is 0.00285. The summed E-state index contributed by atoms with van der Waals surface area (Å²) in [5.74, 6) is -0.737. The summed E-state index contributed by atoms with van der Waals surface area (Å²) < 4.78 is 18.5. The van der Waals surface area contributed by atoms with Gasteiger partial charge in [-0.25, -0.2) is 0 Å². The normalized spacial score (nSPS) is 22.1. The van der Waals surface area contributed by atoms with E-state index in [1.54, 1.807) is 6.92 Å². The van der Waals surface area contributed by atoms with Crippen LogP contribution in [0.25, 0.3) is 11.1 Å². The summed E-state index contributed by atoms with van der Waals surface area (Å²) in [6.07, 6.45) is 5.28. The average molecular weight is 641 g/mol. The van der Waals surface area contributed by atoms with Crippen molar-refractivity contribution in [1.82, 2.24) is 10.2 Å². The molecule has 1 aliphatic heterocycles. The summed E-state index contributed by atoms with van der Waals surface area (Å²) in [5.41, 5.74) is 5.81. The minimum Gasteiger partial charge on any atom is -0.453 e. The number of rotatable bonds is 13. The predicted molar refractivity (Wildman–Crippen MR) is 182 cm³/mol. The van der Waals surface area contributed by atoms with Gasteiger partial charge in [-0.15, -0.1) is 6.58 Å². The molecule has 1 saturated carbocycles. The van der Waals surface area contributed by atoms with Crippen molar-refractivity contribution >= 4 is 11.9 Å². The van der Waals surface area contributed by atoms with Crippen molar-refractivity contribution in [3.8, 4) is 11.1 Å². The van der Waals surface area contributed by atoms with E-state index in [1.165, 1.54) is 32.6 Å². The third kappa shape index (κ3) is 8.76. The molecule has 8 heteroatoms. The molecule has 0 spiro atoms. The van der Waals surface area contributed by atoms with Crippen LogP contribution in [-0.2, 0) is 37.0 Å². The lowest BCUT2D eigenvalue weighted by Crippen LogP contribution is -2.47. The van der Waals surface area contributed by atoms with E-state index in [4.69, 9.17) is 14.2 Å². The number of hydrogen-bond donors (Lipinski definition) is 2. The smallest absolute Gasteiger partial charge is 0.303 e. The molecule has 0 unspecified atom stereocenters. The first-order valence-electron chi connectivity index (χ1n) is 16.8. The molecule has 1 saturated heterocycles. The van der Waals surface area contributed by atoms with Crippen LogP contribution in [0.2, 0.25) is 0 Å². The number of amides is 1. The van der Waals surface area contributed by atoms with Crippen molar-refractivity contribution in [3.05, 3.63) is 108 Å². The molecule has 1 heterocycles. The summed E-state index contributed by atoms with van der Waals surface area (Å²) in [7, 11) is 0. The molecule has 2 aliphatic rings. The lowest BCUT2D eigenvalue weighted by Gasteiger charge is -2.43. The Labute approximate surface area is 278 Å². The van der Waals surface area contributed by atoms with E-state index in [9.17, 15) is 14.7 Å². The van der Waals surface area contributed by atoms with Crippen LogP contribution >= 0.6 is 0 Å². The Bertz CT molecular complexity index is 1480. The fraction of sp³-hybridized carbons (Fsp3) is 0.436. The zero-order chi connectivity index (χ0) is 33.3. The standard InChI is InChI=1S/C39H48N2O6/c1-5-22-41(34-11-7-8-12-34)24-36-26(2)37(31-16-14-29(25-42)15-17-31)47-39(46-36)32-20-18-30(19-21-32)35-13-9-6-10-33(35)23-40-38(44)27(3)45-28(4)43/h5-6,9-10,13-21,26-27,34,36-37,39,42H,1,7-8,11-12,22-25H2,2-4H3,(H,40,44)/t26-,27-,36+,37+,39+/m0/s1. The summed E-state index contributed by atoms with van der Waals surface area (Å²) >= 11 is 0. The maximum absolute atomic E-state index is 12.5. The number of aliphatic hydroxyl groups excluding tert-OH is 1. The second-order valence-corrected chi connectivity index (χ2v) is 12.8. The van der Waals surface area contributed by atoms with Crippen LogP contribution in [0, 0.1) is 5.92 Å². The van der Waals surface area contributed by atoms with Crippen LogP contribution in [0.15, 0.2) is 85.5 Å². The molecule has 47 heavy (non-hydrogen) atoms. The van der Waals surface area contributed by atoms with Crippen molar-refractivity contribution in [2.24, 2.45) is 5.92 Å². The first kappa shape index (κ1) is 34.5. The number of hydrogen-bond acceptors (Lipinski definition) is 7. The first-order chi connectivity index (χ1) is 22.8. The van der Waals surface area contributed by atoms with Crippen molar-refractivity contribution in [2.45, 2.75) is 90.2 Å². The van der Waals surface area contributed by atoms with Crippen molar-refractivity contribution in [2.75, 3.05) is 13.1 Å². The van der Waals surface area contributed by atoms with Crippen LogP contribution in [0.1, 0.15) is 81.1 Å². The second kappa shape index (κ2) is 16.3. The van der Waals surface area contributed by atoms with Crippen molar-refractivity contribution in [1.29, 1.82) is 0 Å². The number of nitrogens with zero attached hydrogens (tertiary/aromatic N) is 1. The van der Waals surface area contributed by atoms with Crippen LogP contribution < -0.4 is 5.32 Å². The summed E-state index contributed by atoms with van der Waals surface area (Å²) in [5, 5.41) is 12.5. The van der Waals surface area contributed by atoms with E-state index >= 15 is 0 Å². The minimum atomic E-state index is -0.862. The van der Waals surface area contributed by atoms with E-state index in [1.807, 2.05) is 42.5 Å². The second-order valence-electron chi connectivity index (χ2n) is 12.8. The maximum atomic E-state index is 12.5. The number of carbonyl (C=O) groups is 2. The van der Waals surface area contributed by atoms with E-state index < -0.39 is 18.4 Å². The van der Waals surface area contributed by atoms with Gasteiger partial charge in [0, 0.05) is 44.1 Å². The lowest BCUT2D eigenvalue weighted by molar-refractivity contribution is -0.276. The maximum Gasteiger partial charge on any atom is 0.303 e. The van der Waals surface area contributed by atoms with Gasteiger partial charge in [0.05, 0.1) is 18.8 Å². The van der Waals surface area contributed by atoms with Gasteiger partial charge in [-0.3, -0.25) is 14.5 Å². The van der Waals surface area contributed by atoms with Crippen LogP contribution in [0.4, 0.5) is 0 Å². The quantitative estimate of drug-likeness (QED) is 0.160. The van der Waals surface area contributed by atoms with Crippen molar-refractivity contribution in [3.63, 3.8) is 0 Å². The predicted octanol–water partition coefficient (Wildman–Crippen LogP) is 6.64. The van der Waals surface area contributed by atoms with Crippen LogP contribution in [0.5, 0.6) is 0 Å². The molecule has 2 N–H and O–H groups in total. The van der Waals surface area contributed by atoms with Gasteiger partial charge in [0.15, 0.2) is 12.4 Å². The number of nitrogens with one attached hydrogen (secondary N) is 1. The first-order valence-corrected chi connectivity index (χ1v) is 16.8. The highest BCUT2D eigenvalue weighted by atomic mass is 16.7. The van der Waals surface area contributed by atoms with E-state index in [0.717, 1.165) is 46.5 Å². The highest BCUT2D eigenvalue weighted by Crippen LogP contribution is 2.42. The Morgan fingerprint density at radius 3 is 2.36 bits per heavy atom. The molecule has 8 nitrogen and oxygen atoms in total. The van der Waals surface area contributed by atoms with Gasteiger partial charge < -0.3 is 24.6 Å². The number of aliphatic hydroxyl groups is 1.